The third-order valence-corrected chi connectivity index (χ3v) is 4.79. The molecule has 2 aromatic carbocycles. The van der Waals surface area contributed by atoms with Crippen LogP contribution in [-0.4, -0.2) is 27.9 Å². The van der Waals surface area contributed by atoms with Crippen molar-refractivity contribution in [3.63, 3.8) is 0 Å². The molecule has 0 spiro atoms. The number of para-hydroxylation sites is 2. The summed E-state index contributed by atoms with van der Waals surface area (Å²) >= 11 is 0. The van der Waals surface area contributed by atoms with Crippen LogP contribution in [0.25, 0.3) is 22.4 Å². The number of aromatic nitrogens is 2. The van der Waals surface area contributed by atoms with Gasteiger partial charge in [0.15, 0.2) is 0 Å². The molecule has 26 heavy (non-hydrogen) atoms. The first-order chi connectivity index (χ1) is 12.6. The Morgan fingerprint density at radius 3 is 2.88 bits per heavy atom. The van der Waals surface area contributed by atoms with Crippen LogP contribution in [0.5, 0.6) is 0 Å². The van der Waals surface area contributed by atoms with E-state index in [1.165, 1.54) is 0 Å². The van der Waals surface area contributed by atoms with Gasteiger partial charge in [0.25, 0.3) is 0 Å². The fourth-order valence-electron chi connectivity index (χ4n) is 3.39. The molecule has 0 radical (unpaired) electrons. The largest absolute Gasteiger partial charge is 0.356 e. The van der Waals surface area contributed by atoms with E-state index in [0.717, 1.165) is 22.4 Å². The highest BCUT2D eigenvalue weighted by atomic mass is 16.2. The van der Waals surface area contributed by atoms with E-state index in [1.807, 2.05) is 60.1 Å². The average Bonchev–Trinajstić information content (AvgIpc) is 2.99. The van der Waals surface area contributed by atoms with Gasteiger partial charge in [-0.25, -0.2) is 4.98 Å². The molecule has 0 saturated carbocycles. The average molecular weight is 348 g/mol. The fourth-order valence-corrected chi connectivity index (χ4v) is 3.39. The second kappa shape index (κ2) is 6.63. The minimum Gasteiger partial charge on any atom is -0.356 e. The molecule has 2 heterocycles. The molecule has 4 rings (SSSR count). The summed E-state index contributed by atoms with van der Waals surface area (Å²) in [4.78, 5) is 28.6. The van der Waals surface area contributed by atoms with Crippen LogP contribution in [0.2, 0.25) is 0 Å². The van der Waals surface area contributed by atoms with Gasteiger partial charge in [-0.2, -0.15) is 0 Å². The van der Waals surface area contributed by atoms with E-state index < -0.39 is 0 Å². The number of carbonyl (C=O) groups excluding carboxylic acids is 2. The molecular formula is C20H20N4O2. The number of rotatable bonds is 3. The number of nitrogens with zero attached hydrogens (tertiary/aromatic N) is 2. The number of imidazole rings is 1. The van der Waals surface area contributed by atoms with E-state index in [2.05, 4.69) is 10.6 Å². The van der Waals surface area contributed by atoms with Crippen molar-refractivity contribution in [1.29, 1.82) is 0 Å². The Kier molecular flexibility index (Phi) is 4.16. The van der Waals surface area contributed by atoms with E-state index in [1.54, 1.807) is 0 Å². The Morgan fingerprint density at radius 2 is 2.08 bits per heavy atom. The van der Waals surface area contributed by atoms with Crippen LogP contribution in [0.3, 0.4) is 0 Å². The normalized spacial score (nSPS) is 17.1. The SMILES string of the molecule is Cn1c(-c2cccc(NC(=O)[C@@H]3CCNC(=O)C3)c2)nc2ccccc21. The molecule has 1 fully saturated rings. The van der Waals surface area contributed by atoms with Crippen molar-refractivity contribution >= 4 is 28.5 Å². The van der Waals surface area contributed by atoms with Crippen molar-refractivity contribution in [3.8, 4) is 11.4 Å². The minimum atomic E-state index is -0.275. The van der Waals surface area contributed by atoms with E-state index in [0.29, 0.717) is 18.7 Å². The molecule has 1 aromatic heterocycles. The Balaban J connectivity index is 1.59. The minimum absolute atomic E-state index is 0.0650. The molecule has 1 aliphatic heterocycles. The number of nitrogens with one attached hydrogen (secondary N) is 2. The summed E-state index contributed by atoms with van der Waals surface area (Å²) in [6.45, 7) is 0.552. The molecule has 2 N–H and O–H groups in total. The van der Waals surface area contributed by atoms with Crippen LogP contribution in [-0.2, 0) is 16.6 Å². The van der Waals surface area contributed by atoms with Gasteiger partial charge >= 0.3 is 0 Å². The Morgan fingerprint density at radius 1 is 1.23 bits per heavy atom. The quantitative estimate of drug-likeness (QED) is 0.764. The summed E-state index contributed by atoms with van der Waals surface area (Å²) in [5.41, 5.74) is 3.64. The number of hydrogen-bond acceptors (Lipinski definition) is 3. The standard InChI is InChI=1S/C20H20N4O2/c1-24-17-8-3-2-7-16(17)23-19(24)13-5-4-6-15(11-13)22-20(26)14-9-10-21-18(25)12-14/h2-8,11,14H,9-10,12H2,1H3,(H,21,25)(H,22,26)/t14-/m1/s1. The Labute approximate surface area is 151 Å². The molecule has 1 saturated heterocycles. The number of fused-ring (bicyclic) bond motifs is 1. The van der Waals surface area contributed by atoms with Gasteiger partial charge in [0.2, 0.25) is 11.8 Å². The summed E-state index contributed by atoms with van der Waals surface area (Å²) in [5, 5.41) is 5.69. The van der Waals surface area contributed by atoms with Gasteiger partial charge in [0.05, 0.1) is 11.0 Å². The third kappa shape index (κ3) is 3.06. The lowest BCUT2D eigenvalue weighted by Gasteiger charge is -2.21. The first-order valence-electron chi connectivity index (χ1n) is 8.71. The predicted octanol–water partition coefficient (Wildman–Crippen LogP) is 2.71. The Hall–Kier alpha value is -3.15. The summed E-state index contributed by atoms with van der Waals surface area (Å²) in [6.07, 6.45) is 0.915. The molecule has 6 heteroatoms. The smallest absolute Gasteiger partial charge is 0.228 e. The van der Waals surface area contributed by atoms with Crippen molar-refractivity contribution in [2.75, 3.05) is 11.9 Å². The highest BCUT2D eigenvalue weighted by Crippen LogP contribution is 2.26. The van der Waals surface area contributed by atoms with Crippen LogP contribution >= 0.6 is 0 Å². The van der Waals surface area contributed by atoms with Gasteiger partial charge in [0, 0.05) is 37.2 Å². The third-order valence-electron chi connectivity index (χ3n) is 4.79. The number of carbonyl (C=O) groups is 2. The van der Waals surface area contributed by atoms with Crippen molar-refractivity contribution in [2.24, 2.45) is 13.0 Å². The zero-order chi connectivity index (χ0) is 18.1. The van der Waals surface area contributed by atoms with Crippen molar-refractivity contribution < 1.29 is 9.59 Å². The van der Waals surface area contributed by atoms with Gasteiger partial charge in [-0.15, -0.1) is 0 Å². The number of piperidine rings is 1. The van der Waals surface area contributed by atoms with Crippen LogP contribution < -0.4 is 10.6 Å². The van der Waals surface area contributed by atoms with E-state index in [4.69, 9.17) is 4.98 Å². The zero-order valence-corrected chi connectivity index (χ0v) is 14.5. The van der Waals surface area contributed by atoms with Crippen LogP contribution in [0.15, 0.2) is 48.5 Å². The number of benzene rings is 2. The van der Waals surface area contributed by atoms with E-state index >= 15 is 0 Å². The van der Waals surface area contributed by atoms with Gasteiger partial charge < -0.3 is 15.2 Å². The lowest BCUT2D eigenvalue weighted by molar-refractivity contribution is -0.129. The first-order valence-corrected chi connectivity index (χ1v) is 8.71. The van der Waals surface area contributed by atoms with E-state index in [-0.39, 0.29) is 24.2 Å². The number of hydrogen-bond donors (Lipinski definition) is 2. The maximum atomic E-state index is 12.5. The monoisotopic (exact) mass is 348 g/mol. The van der Waals surface area contributed by atoms with Gasteiger partial charge in [-0.3, -0.25) is 9.59 Å². The van der Waals surface area contributed by atoms with Gasteiger partial charge in [-0.1, -0.05) is 24.3 Å². The van der Waals surface area contributed by atoms with Crippen molar-refractivity contribution in [3.05, 3.63) is 48.5 Å². The summed E-state index contributed by atoms with van der Waals surface area (Å²) in [6, 6.07) is 15.6. The van der Waals surface area contributed by atoms with Gasteiger partial charge in [0.1, 0.15) is 5.82 Å². The number of aryl methyl sites for hydroxylation is 1. The summed E-state index contributed by atoms with van der Waals surface area (Å²) in [7, 11) is 1.98. The van der Waals surface area contributed by atoms with E-state index in [9.17, 15) is 9.59 Å². The van der Waals surface area contributed by atoms with Crippen LogP contribution in [0.4, 0.5) is 5.69 Å². The second-order valence-corrected chi connectivity index (χ2v) is 6.59. The second-order valence-electron chi connectivity index (χ2n) is 6.59. The first kappa shape index (κ1) is 16.3. The number of anilines is 1. The van der Waals surface area contributed by atoms with Crippen LogP contribution in [0, 0.1) is 5.92 Å². The molecule has 3 aromatic rings. The maximum absolute atomic E-state index is 12.5. The Bertz CT molecular complexity index is 992. The molecule has 132 valence electrons. The molecule has 0 aliphatic carbocycles. The summed E-state index contributed by atoms with van der Waals surface area (Å²) in [5.74, 6) is 0.398. The van der Waals surface area contributed by atoms with Crippen molar-refractivity contribution in [1.82, 2.24) is 14.9 Å². The molecule has 0 unspecified atom stereocenters. The molecule has 1 atom stereocenters. The molecule has 2 amide bonds. The summed E-state index contributed by atoms with van der Waals surface area (Å²) < 4.78 is 2.04. The number of amides is 2. The highest BCUT2D eigenvalue weighted by molar-refractivity contribution is 5.96. The molecular weight excluding hydrogens is 328 g/mol. The lowest BCUT2D eigenvalue weighted by atomic mass is 9.96. The predicted molar refractivity (Wildman–Crippen MR) is 101 cm³/mol. The lowest BCUT2D eigenvalue weighted by Crippen LogP contribution is -2.38. The van der Waals surface area contributed by atoms with Crippen LogP contribution in [0.1, 0.15) is 12.8 Å². The molecule has 1 aliphatic rings. The van der Waals surface area contributed by atoms with Crippen molar-refractivity contribution in [2.45, 2.75) is 12.8 Å². The fraction of sp³-hybridized carbons (Fsp3) is 0.250. The zero-order valence-electron chi connectivity index (χ0n) is 14.5. The highest BCUT2D eigenvalue weighted by Gasteiger charge is 2.25. The maximum Gasteiger partial charge on any atom is 0.228 e. The molecule has 0 bridgehead atoms. The topological polar surface area (TPSA) is 76.0 Å². The molecule has 6 nitrogen and oxygen atoms in total. The van der Waals surface area contributed by atoms with Gasteiger partial charge in [-0.05, 0) is 30.7 Å².